The summed E-state index contributed by atoms with van der Waals surface area (Å²) >= 11 is 0. The summed E-state index contributed by atoms with van der Waals surface area (Å²) in [5, 5.41) is 0. The van der Waals surface area contributed by atoms with Gasteiger partial charge in [-0.25, -0.2) is 0 Å². The van der Waals surface area contributed by atoms with Gasteiger partial charge < -0.3 is 0 Å². The maximum absolute atomic E-state index is 4.43. The van der Waals surface area contributed by atoms with E-state index >= 15 is 0 Å². The summed E-state index contributed by atoms with van der Waals surface area (Å²) in [6.45, 7) is 8.01. The maximum atomic E-state index is 4.43. The average molecular weight is 235 g/mol. The Balaban J connectivity index is 2.68. The Hall–Kier alpha value is -2.15. The van der Waals surface area contributed by atoms with E-state index in [0.717, 1.165) is 16.8 Å². The molecule has 90 valence electrons. The van der Waals surface area contributed by atoms with Crippen molar-refractivity contribution in [3.05, 3.63) is 66.5 Å². The smallest absolute Gasteiger partial charge is 0.0731 e. The lowest BCUT2D eigenvalue weighted by molar-refractivity contribution is 1.26. The van der Waals surface area contributed by atoms with Crippen LogP contribution in [0.1, 0.15) is 25.1 Å². The minimum atomic E-state index is 0.967. The molecule has 18 heavy (non-hydrogen) atoms. The van der Waals surface area contributed by atoms with Crippen molar-refractivity contribution in [3.8, 4) is 11.1 Å². The van der Waals surface area contributed by atoms with Gasteiger partial charge in [0.25, 0.3) is 0 Å². The van der Waals surface area contributed by atoms with Crippen LogP contribution in [-0.4, -0.2) is 4.98 Å². The summed E-state index contributed by atoms with van der Waals surface area (Å²) in [7, 11) is 0. The lowest BCUT2D eigenvalue weighted by atomic mass is 9.96. The van der Waals surface area contributed by atoms with Gasteiger partial charge in [-0.3, -0.25) is 4.98 Å². The van der Waals surface area contributed by atoms with Gasteiger partial charge in [-0.15, -0.1) is 0 Å². The summed E-state index contributed by atoms with van der Waals surface area (Å²) in [5.41, 5.74) is 5.49. The van der Waals surface area contributed by atoms with Crippen molar-refractivity contribution < 1.29 is 0 Å². The molecule has 0 aliphatic heterocycles. The number of benzene rings is 1. The molecule has 0 radical (unpaired) electrons. The van der Waals surface area contributed by atoms with Crippen molar-refractivity contribution in [2.24, 2.45) is 0 Å². The molecule has 0 spiro atoms. The topological polar surface area (TPSA) is 12.9 Å². The van der Waals surface area contributed by atoms with Crippen LogP contribution >= 0.6 is 0 Å². The molecule has 1 aromatic carbocycles. The SMILES string of the molecule is C=C(C)c1nccc(-c2ccccc2)c1C=CC. The third-order valence-electron chi connectivity index (χ3n) is 2.81. The average Bonchev–Trinajstić information content (AvgIpc) is 2.40. The van der Waals surface area contributed by atoms with Gasteiger partial charge in [0.05, 0.1) is 5.69 Å². The first-order chi connectivity index (χ1) is 8.74. The van der Waals surface area contributed by atoms with Gasteiger partial charge in [-0.2, -0.15) is 0 Å². The van der Waals surface area contributed by atoms with Crippen molar-refractivity contribution in [1.29, 1.82) is 0 Å². The van der Waals surface area contributed by atoms with Crippen molar-refractivity contribution in [1.82, 2.24) is 4.98 Å². The number of rotatable bonds is 3. The minimum absolute atomic E-state index is 0.967. The highest BCUT2D eigenvalue weighted by Crippen LogP contribution is 2.28. The Morgan fingerprint density at radius 1 is 1.17 bits per heavy atom. The Morgan fingerprint density at radius 3 is 2.50 bits per heavy atom. The summed E-state index contributed by atoms with van der Waals surface area (Å²) in [4.78, 5) is 4.43. The van der Waals surface area contributed by atoms with Crippen LogP contribution in [-0.2, 0) is 0 Å². The summed E-state index contributed by atoms with van der Waals surface area (Å²) in [6.07, 6.45) is 5.98. The van der Waals surface area contributed by atoms with Gasteiger partial charge in [0.2, 0.25) is 0 Å². The zero-order valence-corrected chi connectivity index (χ0v) is 10.9. The molecule has 0 aliphatic carbocycles. The third kappa shape index (κ3) is 2.40. The molecule has 1 aromatic heterocycles. The molecular weight excluding hydrogens is 218 g/mol. The highest BCUT2D eigenvalue weighted by atomic mass is 14.7. The van der Waals surface area contributed by atoms with E-state index in [0.29, 0.717) is 0 Å². The molecule has 0 atom stereocenters. The van der Waals surface area contributed by atoms with Crippen LogP contribution < -0.4 is 0 Å². The second-order valence-electron chi connectivity index (χ2n) is 4.27. The van der Waals surface area contributed by atoms with E-state index in [-0.39, 0.29) is 0 Å². The number of pyridine rings is 1. The van der Waals surface area contributed by atoms with E-state index in [1.807, 2.05) is 32.2 Å². The lowest BCUT2D eigenvalue weighted by Crippen LogP contribution is -1.93. The standard InChI is InChI=1S/C17H17N/c1-4-8-16-15(14-9-6-5-7-10-14)11-12-18-17(16)13(2)3/h4-12H,2H2,1,3H3. The van der Waals surface area contributed by atoms with Gasteiger partial charge in [-0.1, -0.05) is 49.1 Å². The highest BCUT2D eigenvalue weighted by molar-refractivity contribution is 5.81. The molecule has 0 N–H and O–H groups in total. The first-order valence-corrected chi connectivity index (χ1v) is 6.07. The number of nitrogens with zero attached hydrogens (tertiary/aromatic N) is 1. The molecule has 2 rings (SSSR count). The normalized spacial score (nSPS) is 10.8. The summed E-state index contributed by atoms with van der Waals surface area (Å²) < 4.78 is 0. The van der Waals surface area contributed by atoms with Crippen molar-refractivity contribution >= 4 is 11.6 Å². The summed E-state index contributed by atoms with van der Waals surface area (Å²) in [5.74, 6) is 0. The molecule has 0 saturated heterocycles. The van der Waals surface area contributed by atoms with Crippen molar-refractivity contribution in [2.45, 2.75) is 13.8 Å². The molecule has 2 aromatic rings. The second-order valence-corrected chi connectivity index (χ2v) is 4.27. The van der Waals surface area contributed by atoms with Gasteiger partial charge in [0, 0.05) is 11.8 Å². The fraction of sp³-hybridized carbons (Fsp3) is 0.118. The van der Waals surface area contributed by atoms with Crippen LogP contribution in [0.25, 0.3) is 22.8 Å². The number of hydrogen-bond acceptors (Lipinski definition) is 1. The van der Waals surface area contributed by atoms with Crippen LogP contribution in [0.2, 0.25) is 0 Å². The van der Waals surface area contributed by atoms with E-state index in [2.05, 4.69) is 48.0 Å². The van der Waals surface area contributed by atoms with E-state index in [1.54, 1.807) is 0 Å². The fourth-order valence-corrected chi connectivity index (χ4v) is 2.02. The van der Waals surface area contributed by atoms with Crippen molar-refractivity contribution in [2.75, 3.05) is 0 Å². The fourth-order valence-electron chi connectivity index (χ4n) is 2.02. The molecule has 1 heterocycles. The molecule has 0 amide bonds. The predicted octanol–water partition coefficient (Wildman–Crippen LogP) is 4.81. The van der Waals surface area contributed by atoms with E-state index in [9.17, 15) is 0 Å². The zero-order chi connectivity index (χ0) is 13.0. The van der Waals surface area contributed by atoms with E-state index in [1.165, 1.54) is 11.1 Å². The van der Waals surface area contributed by atoms with Gasteiger partial charge in [-0.05, 0) is 36.6 Å². The third-order valence-corrected chi connectivity index (χ3v) is 2.81. The molecule has 0 fully saturated rings. The minimum Gasteiger partial charge on any atom is -0.256 e. The predicted molar refractivity (Wildman–Crippen MR) is 79.1 cm³/mol. The molecule has 0 saturated carbocycles. The number of hydrogen-bond donors (Lipinski definition) is 0. The molecule has 1 heteroatoms. The van der Waals surface area contributed by atoms with Gasteiger partial charge in [0.1, 0.15) is 0 Å². The van der Waals surface area contributed by atoms with Gasteiger partial charge >= 0.3 is 0 Å². The van der Waals surface area contributed by atoms with E-state index < -0.39 is 0 Å². The Bertz CT molecular complexity index is 580. The van der Waals surface area contributed by atoms with Crippen molar-refractivity contribution in [3.63, 3.8) is 0 Å². The maximum Gasteiger partial charge on any atom is 0.0731 e. The Labute approximate surface area is 109 Å². The Kier molecular flexibility index (Phi) is 3.73. The zero-order valence-electron chi connectivity index (χ0n) is 10.9. The lowest BCUT2D eigenvalue weighted by Gasteiger charge is -2.11. The molecule has 0 bridgehead atoms. The van der Waals surface area contributed by atoms with Crippen LogP contribution in [0.4, 0.5) is 0 Å². The van der Waals surface area contributed by atoms with Crippen LogP contribution in [0.3, 0.4) is 0 Å². The van der Waals surface area contributed by atoms with E-state index in [4.69, 9.17) is 0 Å². The van der Waals surface area contributed by atoms with Crippen LogP contribution in [0.5, 0.6) is 0 Å². The quantitative estimate of drug-likeness (QED) is 0.743. The second kappa shape index (κ2) is 5.46. The largest absolute Gasteiger partial charge is 0.256 e. The first kappa shape index (κ1) is 12.3. The summed E-state index contributed by atoms with van der Waals surface area (Å²) in [6, 6.07) is 12.4. The molecule has 0 unspecified atom stereocenters. The molecule has 0 aliphatic rings. The number of allylic oxidation sites excluding steroid dienone is 2. The molecule has 1 nitrogen and oxygen atoms in total. The van der Waals surface area contributed by atoms with Crippen LogP contribution in [0, 0.1) is 0 Å². The Morgan fingerprint density at radius 2 is 1.89 bits per heavy atom. The van der Waals surface area contributed by atoms with Crippen LogP contribution in [0.15, 0.2) is 55.3 Å². The molecular formula is C17H17N. The monoisotopic (exact) mass is 235 g/mol. The number of aromatic nitrogens is 1. The first-order valence-electron chi connectivity index (χ1n) is 6.07. The van der Waals surface area contributed by atoms with Gasteiger partial charge in [0.15, 0.2) is 0 Å². The highest BCUT2D eigenvalue weighted by Gasteiger charge is 2.08.